The van der Waals surface area contributed by atoms with Gasteiger partial charge in [-0.05, 0) is 38.0 Å². The zero-order valence-corrected chi connectivity index (χ0v) is 10.8. The van der Waals surface area contributed by atoms with Gasteiger partial charge in [0.15, 0.2) is 4.77 Å². The van der Waals surface area contributed by atoms with E-state index in [2.05, 4.69) is 35.3 Å². The lowest BCUT2D eigenvalue weighted by molar-refractivity contribution is 0.299. The van der Waals surface area contributed by atoms with Crippen LogP contribution in [0.3, 0.4) is 0 Å². The van der Waals surface area contributed by atoms with Gasteiger partial charge in [0.2, 0.25) is 0 Å². The molecular weight excluding hydrogens is 218 g/mol. The first kappa shape index (κ1) is 11.3. The van der Waals surface area contributed by atoms with Crippen molar-refractivity contribution < 1.29 is 0 Å². The Morgan fingerprint density at radius 3 is 2.75 bits per heavy atom. The van der Waals surface area contributed by atoms with Crippen LogP contribution in [-0.4, -0.2) is 14.5 Å². The summed E-state index contributed by atoms with van der Waals surface area (Å²) in [6.45, 7) is 6.65. The van der Waals surface area contributed by atoms with Crippen molar-refractivity contribution in [1.82, 2.24) is 14.5 Å². The summed E-state index contributed by atoms with van der Waals surface area (Å²) >= 11 is 5.41. The molecule has 2 aromatic heterocycles. The molecule has 0 aromatic carbocycles. The molecule has 0 radical (unpaired) electrons. The molecule has 0 aliphatic carbocycles. The van der Waals surface area contributed by atoms with E-state index in [-0.39, 0.29) is 5.54 Å². The normalized spacial score (nSPS) is 12.2. The number of hydrogen-bond donors (Lipinski definition) is 1. The van der Waals surface area contributed by atoms with Crippen molar-refractivity contribution in [2.24, 2.45) is 0 Å². The van der Waals surface area contributed by atoms with Crippen LogP contribution < -0.4 is 0 Å². The quantitative estimate of drug-likeness (QED) is 0.824. The van der Waals surface area contributed by atoms with Crippen molar-refractivity contribution in [3.8, 4) is 0 Å². The number of H-pyrrole nitrogens is 1. The van der Waals surface area contributed by atoms with E-state index in [0.29, 0.717) is 0 Å². The van der Waals surface area contributed by atoms with E-state index in [4.69, 9.17) is 12.2 Å². The Labute approximate surface area is 101 Å². The number of pyridine rings is 1. The summed E-state index contributed by atoms with van der Waals surface area (Å²) in [5, 5.41) is 0. The predicted octanol–water partition coefficient (Wildman–Crippen LogP) is 3.63. The van der Waals surface area contributed by atoms with Crippen LogP contribution in [0.4, 0.5) is 0 Å². The third kappa shape index (κ3) is 1.57. The zero-order chi connectivity index (χ0) is 11.8. The summed E-state index contributed by atoms with van der Waals surface area (Å²) in [6, 6.07) is 2.02. The Hall–Kier alpha value is -1.16. The molecule has 0 unspecified atom stereocenters. The molecule has 1 N–H and O–H groups in total. The van der Waals surface area contributed by atoms with Crippen molar-refractivity contribution in [3.63, 3.8) is 0 Å². The van der Waals surface area contributed by atoms with Crippen LogP contribution in [0, 0.1) is 4.77 Å². The summed E-state index contributed by atoms with van der Waals surface area (Å²) in [7, 11) is 0. The highest BCUT2D eigenvalue weighted by atomic mass is 32.1. The molecule has 0 aliphatic rings. The second-order valence-electron chi connectivity index (χ2n) is 4.36. The second-order valence-corrected chi connectivity index (χ2v) is 4.75. The molecule has 3 nitrogen and oxygen atoms in total. The third-order valence-corrected chi connectivity index (χ3v) is 3.83. The Morgan fingerprint density at radius 1 is 1.44 bits per heavy atom. The van der Waals surface area contributed by atoms with Gasteiger partial charge in [0.05, 0.1) is 17.2 Å². The van der Waals surface area contributed by atoms with Gasteiger partial charge < -0.3 is 9.55 Å². The standard InChI is InChI=1S/C12H17N3S/c1-4-12(3,5-2)15-10-6-7-13-8-9(10)14-11(15)16/h6-8H,4-5H2,1-3H3,(H,14,16). The van der Waals surface area contributed by atoms with E-state index < -0.39 is 0 Å². The SMILES string of the molecule is CCC(C)(CC)n1c(=S)[nH]c2cnccc21. The first-order chi connectivity index (χ1) is 7.62. The molecule has 0 saturated heterocycles. The number of imidazole rings is 1. The van der Waals surface area contributed by atoms with Crippen LogP contribution in [0.25, 0.3) is 11.0 Å². The minimum Gasteiger partial charge on any atom is -0.329 e. The number of nitrogens with zero attached hydrogens (tertiary/aromatic N) is 2. The molecule has 16 heavy (non-hydrogen) atoms. The molecule has 0 aliphatic heterocycles. The Kier molecular flexibility index (Phi) is 2.84. The van der Waals surface area contributed by atoms with Gasteiger partial charge in [-0.1, -0.05) is 13.8 Å². The van der Waals surface area contributed by atoms with Crippen molar-refractivity contribution in [2.45, 2.75) is 39.2 Å². The number of aromatic nitrogens is 3. The lowest BCUT2D eigenvalue weighted by Crippen LogP contribution is -2.28. The van der Waals surface area contributed by atoms with Crippen molar-refractivity contribution in [2.75, 3.05) is 0 Å². The van der Waals surface area contributed by atoms with E-state index in [1.807, 2.05) is 18.5 Å². The summed E-state index contributed by atoms with van der Waals surface area (Å²) in [5.74, 6) is 0. The molecule has 2 aromatic rings. The van der Waals surface area contributed by atoms with Crippen LogP contribution in [0.2, 0.25) is 0 Å². The predicted molar refractivity (Wildman–Crippen MR) is 69.1 cm³/mol. The van der Waals surface area contributed by atoms with Gasteiger partial charge in [0.25, 0.3) is 0 Å². The largest absolute Gasteiger partial charge is 0.329 e. The highest BCUT2D eigenvalue weighted by Gasteiger charge is 2.24. The van der Waals surface area contributed by atoms with Crippen LogP contribution in [0.15, 0.2) is 18.5 Å². The maximum atomic E-state index is 5.41. The fourth-order valence-corrected chi connectivity index (χ4v) is 2.49. The maximum absolute atomic E-state index is 5.41. The average molecular weight is 235 g/mol. The van der Waals surface area contributed by atoms with Gasteiger partial charge >= 0.3 is 0 Å². The molecule has 2 heterocycles. The van der Waals surface area contributed by atoms with Gasteiger partial charge in [-0.25, -0.2) is 0 Å². The zero-order valence-electron chi connectivity index (χ0n) is 9.95. The molecule has 0 amide bonds. The Balaban J connectivity index is 2.77. The summed E-state index contributed by atoms with van der Waals surface area (Å²) in [6.07, 6.45) is 5.76. The Bertz CT molecular complexity index is 549. The molecule has 0 fully saturated rings. The fourth-order valence-electron chi connectivity index (χ4n) is 2.06. The summed E-state index contributed by atoms with van der Waals surface area (Å²) in [4.78, 5) is 7.33. The number of fused-ring (bicyclic) bond motifs is 1. The van der Waals surface area contributed by atoms with Crippen LogP contribution >= 0.6 is 12.2 Å². The van der Waals surface area contributed by atoms with Gasteiger partial charge in [0, 0.05) is 11.7 Å². The minimum absolute atomic E-state index is 0.0800. The second kappa shape index (κ2) is 4.01. The summed E-state index contributed by atoms with van der Waals surface area (Å²) in [5.41, 5.74) is 2.24. The van der Waals surface area contributed by atoms with Gasteiger partial charge in [-0.15, -0.1) is 0 Å². The molecular formula is C12H17N3S. The van der Waals surface area contributed by atoms with E-state index in [1.54, 1.807) is 0 Å². The number of nitrogens with one attached hydrogen (secondary N) is 1. The van der Waals surface area contributed by atoms with Gasteiger partial charge in [0.1, 0.15) is 0 Å². The highest BCUT2D eigenvalue weighted by molar-refractivity contribution is 7.71. The van der Waals surface area contributed by atoms with Crippen LogP contribution in [0.5, 0.6) is 0 Å². The van der Waals surface area contributed by atoms with Crippen LogP contribution in [0.1, 0.15) is 33.6 Å². The number of aromatic amines is 1. The van der Waals surface area contributed by atoms with Crippen LogP contribution in [-0.2, 0) is 5.54 Å². The molecule has 0 saturated carbocycles. The lowest BCUT2D eigenvalue weighted by Gasteiger charge is -2.29. The number of rotatable bonds is 3. The van der Waals surface area contributed by atoms with Crippen molar-refractivity contribution in [1.29, 1.82) is 0 Å². The molecule has 0 bridgehead atoms. The Morgan fingerprint density at radius 2 is 2.12 bits per heavy atom. The molecule has 2 rings (SSSR count). The fraction of sp³-hybridized carbons (Fsp3) is 0.500. The minimum atomic E-state index is 0.0800. The van der Waals surface area contributed by atoms with E-state index in [1.165, 1.54) is 0 Å². The van der Waals surface area contributed by atoms with E-state index in [9.17, 15) is 0 Å². The highest BCUT2D eigenvalue weighted by Crippen LogP contribution is 2.29. The van der Waals surface area contributed by atoms with Crippen molar-refractivity contribution in [3.05, 3.63) is 23.2 Å². The first-order valence-corrected chi connectivity index (χ1v) is 6.08. The third-order valence-electron chi connectivity index (χ3n) is 3.55. The van der Waals surface area contributed by atoms with Gasteiger partial charge in [-0.3, -0.25) is 4.98 Å². The average Bonchev–Trinajstić information content (AvgIpc) is 2.64. The topological polar surface area (TPSA) is 33.6 Å². The smallest absolute Gasteiger partial charge is 0.178 e. The van der Waals surface area contributed by atoms with Gasteiger partial charge in [-0.2, -0.15) is 0 Å². The molecule has 86 valence electrons. The maximum Gasteiger partial charge on any atom is 0.178 e. The monoisotopic (exact) mass is 235 g/mol. The molecule has 0 spiro atoms. The number of hydrogen-bond acceptors (Lipinski definition) is 2. The molecule has 0 atom stereocenters. The summed E-state index contributed by atoms with van der Waals surface area (Å²) < 4.78 is 3.01. The van der Waals surface area contributed by atoms with Crippen molar-refractivity contribution >= 4 is 23.3 Å². The van der Waals surface area contributed by atoms with E-state index >= 15 is 0 Å². The lowest BCUT2D eigenvalue weighted by atomic mass is 9.95. The molecule has 4 heteroatoms. The first-order valence-electron chi connectivity index (χ1n) is 5.67. The van der Waals surface area contributed by atoms with E-state index in [0.717, 1.165) is 28.6 Å².